The second-order valence-electron chi connectivity index (χ2n) is 1.90. The highest BCUT2D eigenvalue weighted by atomic mass is 35.7. The molecule has 0 aromatic heterocycles. The van der Waals surface area contributed by atoms with Crippen LogP contribution in [0.2, 0.25) is 0 Å². The smallest absolute Gasteiger partial charge is 0.441 e. The highest BCUT2D eigenvalue weighted by Crippen LogP contribution is 2.29. The van der Waals surface area contributed by atoms with Gasteiger partial charge in [-0.15, -0.1) is 0 Å². The molecule has 0 aliphatic rings. The lowest BCUT2D eigenvalue weighted by Gasteiger charge is -2.00. The molecule has 0 heterocycles. The summed E-state index contributed by atoms with van der Waals surface area (Å²) in [4.78, 5) is 0. The average molecular weight is 213 g/mol. The van der Waals surface area contributed by atoms with Crippen molar-refractivity contribution in [2.75, 3.05) is 6.61 Å². The molecule has 0 aliphatic heterocycles. The van der Waals surface area contributed by atoms with Crippen molar-refractivity contribution in [2.45, 2.75) is 26.7 Å². The van der Waals surface area contributed by atoms with E-state index in [1.807, 2.05) is 6.92 Å². The van der Waals surface area contributed by atoms with E-state index in [0.717, 1.165) is 12.8 Å². The molecule has 5 heteroatoms. The fourth-order valence-electron chi connectivity index (χ4n) is 0.619. The maximum Gasteiger partial charge on any atom is 0.441 e. The lowest BCUT2D eigenvalue weighted by atomic mass is 10.3. The number of nitrogens with zero attached hydrogens (tertiary/aromatic N) is 1. The van der Waals surface area contributed by atoms with Crippen molar-refractivity contribution in [3.05, 3.63) is 0 Å². The summed E-state index contributed by atoms with van der Waals surface area (Å²) >= 11 is 10.3. The van der Waals surface area contributed by atoms with Crippen LogP contribution in [-0.2, 0) is 16.5 Å². The van der Waals surface area contributed by atoms with Gasteiger partial charge in [0.1, 0.15) is 0 Å². The molecule has 64 valence electrons. The first-order valence-corrected chi connectivity index (χ1v) is 6.75. The maximum absolute atomic E-state index is 5.56. The van der Waals surface area contributed by atoms with Crippen LogP contribution in [0.25, 0.3) is 0 Å². The van der Waals surface area contributed by atoms with E-state index >= 15 is 0 Å². The van der Waals surface area contributed by atoms with Crippen molar-refractivity contribution in [3.63, 3.8) is 0 Å². The Bertz CT molecular complexity index is 155. The summed E-state index contributed by atoms with van der Waals surface area (Å²) in [5.74, 6) is 0.700. The number of rotatable bonds is 4. The number of halogens is 1. The minimum Gasteiger partial charge on any atom is -0.478 e. The lowest BCUT2D eigenvalue weighted by molar-refractivity contribution is 0.318. The third-order valence-electron chi connectivity index (χ3n) is 0.965. The van der Waals surface area contributed by atoms with Crippen molar-refractivity contribution in [1.29, 1.82) is 0 Å². The van der Waals surface area contributed by atoms with E-state index in [1.165, 1.54) is 0 Å². The first kappa shape index (κ1) is 11.3. The summed E-state index contributed by atoms with van der Waals surface area (Å²) < 4.78 is 9.20. The van der Waals surface area contributed by atoms with E-state index in [9.17, 15) is 0 Å². The molecule has 2 nitrogen and oxygen atoms in total. The van der Waals surface area contributed by atoms with Crippen LogP contribution in [0.5, 0.6) is 0 Å². The molecule has 0 aromatic rings. The Labute approximate surface area is 78.3 Å². The molecule has 0 amide bonds. The summed E-state index contributed by atoms with van der Waals surface area (Å²) in [6.45, 7) is 4.62. The van der Waals surface area contributed by atoms with Crippen LogP contribution in [0.4, 0.5) is 0 Å². The van der Waals surface area contributed by atoms with Crippen molar-refractivity contribution in [1.82, 2.24) is 0 Å². The van der Waals surface area contributed by atoms with Gasteiger partial charge in [-0.1, -0.05) is 6.92 Å². The van der Waals surface area contributed by atoms with E-state index in [1.54, 1.807) is 0 Å². The van der Waals surface area contributed by atoms with Gasteiger partial charge in [0, 0.05) is 6.42 Å². The van der Waals surface area contributed by atoms with Gasteiger partial charge < -0.3 is 4.74 Å². The molecule has 0 fully saturated rings. The quantitative estimate of drug-likeness (QED) is 0.405. The van der Waals surface area contributed by atoms with Gasteiger partial charge in [-0.05, 0) is 18.1 Å². The van der Waals surface area contributed by atoms with E-state index in [0.29, 0.717) is 12.5 Å². The number of hydrogen-bond acceptors (Lipinski definition) is 2. The normalized spacial score (nSPS) is 13.0. The molecular formula is C6H12ClNOPS+. The Balaban J connectivity index is 3.96. The third kappa shape index (κ3) is 6.67. The Morgan fingerprint density at radius 2 is 2.27 bits per heavy atom. The number of hydrogen-bond donors (Lipinski definition) is 0. The zero-order valence-electron chi connectivity index (χ0n) is 6.71. The van der Waals surface area contributed by atoms with Gasteiger partial charge in [-0.2, -0.15) is 0 Å². The van der Waals surface area contributed by atoms with Crippen molar-refractivity contribution < 1.29 is 4.74 Å². The van der Waals surface area contributed by atoms with E-state index in [2.05, 4.69) is 11.7 Å². The molecule has 0 saturated heterocycles. The van der Waals surface area contributed by atoms with E-state index in [-0.39, 0.29) is 0 Å². The molecule has 1 atom stereocenters. The zero-order valence-corrected chi connectivity index (χ0v) is 9.18. The first-order valence-electron chi connectivity index (χ1n) is 3.54. The zero-order chi connectivity index (χ0) is 8.69. The summed E-state index contributed by atoms with van der Waals surface area (Å²) in [6, 6.07) is 0. The fourth-order valence-corrected chi connectivity index (χ4v) is 1.48. The van der Waals surface area contributed by atoms with Crippen LogP contribution in [0.15, 0.2) is 4.76 Å². The monoisotopic (exact) mass is 212 g/mol. The highest BCUT2D eigenvalue weighted by molar-refractivity contribution is 8.16. The standard InChI is InChI=1S/C6H12ClNOPS/c1-3-5-6(9-4-2)8-10(7)11/h3-5H2,1-2H3/q+1. The predicted octanol–water partition coefficient (Wildman–Crippen LogP) is 3.23. The minimum atomic E-state index is -1.14. The van der Waals surface area contributed by atoms with Gasteiger partial charge in [-0.3, -0.25) is 0 Å². The third-order valence-corrected chi connectivity index (χ3v) is 1.82. The van der Waals surface area contributed by atoms with Crippen LogP contribution in [0.3, 0.4) is 0 Å². The van der Waals surface area contributed by atoms with Gasteiger partial charge in [0.25, 0.3) is 0 Å². The molecule has 1 unspecified atom stereocenters. The first-order chi connectivity index (χ1) is 5.20. The second-order valence-corrected chi connectivity index (χ2v) is 5.16. The molecule has 0 radical (unpaired) electrons. The number of ether oxygens (including phenoxy) is 1. The Hall–Kier alpha value is 0.280. The van der Waals surface area contributed by atoms with E-state index < -0.39 is 6.20 Å². The largest absolute Gasteiger partial charge is 0.478 e. The van der Waals surface area contributed by atoms with Crippen molar-refractivity contribution in [2.24, 2.45) is 4.76 Å². The van der Waals surface area contributed by atoms with Crippen LogP contribution < -0.4 is 0 Å². The summed E-state index contributed by atoms with van der Waals surface area (Å²) in [6.07, 6.45) is 0.693. The molecular weight excluding hydrogens is 201 g/mol. The van der Waals surface area contributed by atoms with Crippen LogP contribution in [0.1, 0.15) is 26.7 Å². The molecule has 0 aliphatic carbocycles. The van der Waals surface area contributed by atoms with Crippen LogP contribution in [0, 0.1) is 0 Å². The van der Waals surface area contributed by atoms with E-state index in [4.69, 9.17) is 27.8 Å². The topological polar surface area (TPSA) is 21.6 Å². The molecule has 0 aromatic carbocycles. The van der Waals surface area contributed by atoms with Gasteiger partial charge in [0.05, 0.1) is 6.61 Å². The van der Waals surface area contributed by atoms with Gasteiger partial charge in [0.15, 0.2) is 0 Å². The molecule has 0 N–H and O–H groups in total. The Morgan fingerprint density at radius 3 is 2.64 bits per heavy atom. The van der Waals surface area contributed by atoms with Crippen LogP contribution >= 0.6 is 17.4 Å². The van der Waals surface area contributed by atoms with Gasteiger partial charge in [0.2, 0.25) is 28.9 Å². The summed E-state index contributed by atoms with van der Waals surface area (Å²) in [5.41, 5.74) is 0. The Kier molecular flexibility index (Phi) is 7.13. The molecule has 11 heavy (non-hydrogen) atoms. The van der Waals surface area contributed by atoms with Crippen LogP contribution in [-0.4, -0.2) is 12.5 Å². The fraction of sp³-hybridized carbons (Fsp3) is 0.833. The molecule has 0 saturated carbocycles. The predicted molar refractivity (Wildman–Crippen MR) is 54.1 cm³/mol. The Morgan fingerprint density at radius 1 is 1.64 bits per heavy atom. The maximum atomic E-state index is 5.56. The second kappa shape index (κ2) is 6.96. The van der Waals surface area contributed by atoms with Gasteiger partial charge >= 0.3 is 6.20 Å². The molecule has 0 rings (SSSR count). The molecule has 0 bridgehead atoms. The average Bonchev–Trinajstić information content (AvgIpc) is 1.87. The minimum absolute atomic E-state index is 0.633. The lowest BCUT2D eigenvalue weighted by Crippen LogP contribution is -2.02. The summed E-state index contributed by atoms with van der Waals surface area (Å²) in [5, 5.41) is 0. The summed E-state index contributed by atoms with van der Waals surface area (Å²) in [7, 11) is 0. The highest BCUT2D eigenvalue weighted by Gasteiger charge is 2.07. The van der Waals surface area contributed by atoms with Crippen molar-refractivity contribution in [3.8, 4) is 0 Å². The SMILES string of the molecule is CCCC(=N[P+](=S)Cl)OCC. The van der Waals surface area contributed by atoms with Gasteiger partial charge in [-0.25, -0.2) is 0 Å². The molecule has 0 spiro atoms. The van der Waals surface area contributed by atoms with Crippen molar-refractivity contribution >= 4 is 35.1 Å².